The van der Waals surface area contributed by atoms with Crippen LogP contribution in [0, 0.1) is 11.3 Å². The topological polar surface area (TPSA) is 167 Å². The number of ether oxygens (including phenoxy) is 1. The molecule has 262 valence electrons. The minimum atomic E-state index is -1.07. The number of pyridine rings is 1. The summed E-state index contributed by atoms with van der Waals surface area (Å²) < 4.78 is 5.58. The maximum absolute atomic E-state index is 13.6. The molecule has 0 radical (unpaired) electrons. The van der Waals surface area contributed by atoms with Crippen molar-refractivity contribution in [2.75, 3.05) is 61.8 Å². The molecule has 3 atom stereocenters. The van der Waals surface area contributed by atoms with Gasteiger partial charge in [0.2, 0.25) is 0 Å². The Morgan fingerprint density at radius 2 is 1.84 bits per heavy atom. The van der Waals surface area contributed by atoms with Gasteiger partial charge in [0, 0.05) is 73.5 Å². The zero-order valence-corrected chi connectivity index (χ0v) is 29.3. The fourth-order valence-corrected chi connectivity index (χ4v) is 9.12. The molecule has 2 aromatic heterocycles. The molecule has 2 bridgehead atoms. The standard InChI is InChI=1S/C36H43N9O4S/c1-36(12-6-9-29-31(36)27(19-37)33(39)50-29)34(46)49-41-32(38)28-17-26(18-30(40-28)45-24-10-11-25(45)21-42(2)20-24)43-13-15-44(16-14-43)35(47)48-22-23-7-4-3-5-8-23/h3-5,7-8,17-18,24-25H,6,9-16,20-22,39H2,1-2H3,(H2,38,41). The molecule has 4 aliphatic rings. The largest absolute Gasteiger partial charge is 0.445 e. The molecule has 0 saturated carbocycles. The van der Waals surface area contributed by atoms with E-state index in [9.17, 15) is 14.9 Å². The van der Waals surface area contributed by atoms with Crippen molar-refractivity contribution < 1.29 is 19.2 Å². The average molecular weight is 698 g/mol. The number of aromatic nitrogens is 1. The second-order valence-electron chi connectivity index (χ2n) is 13.9. The van der Waals surface area contributed by atoms with Gasteiger partial charge >= 0.3 is 12.1 Å². The van der Waals surface area contributed by atoms with Crippen LogP contribution in [0.5, 0.6) is 0 Å². The van der Waals surface area contributed by atoms with Crippen molar-refractivity contribution in [3.8, 4) is 6.07 Å². The molecule has 7 rings (SSSR count). The summed E-state index contributed by atoms with van der Waals surface area (Å²) in [5.74, 6) is 0.207. The summed E-state index contributed by atoms with van der Waals surface area (Å²) in [6.45, 7) is 6.09. The second kappa shape index (κ2) is 13.8. The molecule has 3 aliphatic heterocycles. The van der Waals surface area contributed by atoms with E-state index in [2.05, 4.69) is 39.0 Å². The molecule has 1 amide bonds. The number of likely N-dealkylation sites (N-methyl/N-ethyl adjacent to an activating group) is 1. The van der Waals surface area contributed by atoms with Crippen molar-refractivity contribution in [1.82, 2.24) is 14.8 Å². The smallest absolute Gasteiger partial charge is 0.410 e. The third-order valence-corrected chi connectivity index (χ3v) is 11.6. The Hall–Kier alpha value is -4.87. The molecule has 13 nitrogen and oxygen atoms in total. The van der Waals surface area contributed by atoms with E-state index in [-0.39, 0.29) is 18.5 Å². The summed E-state index contributed by atoms with van der Waals surface area (Å²) in [6.07, 6.45) is 3.87. The first-order valence-electron chi connectivity index (χ1n) is 17.2. The normalized spacial score (nSPS) is 23.7. The minimum Gasteiger partial charge on any atom is -0.445 e. The first-order chi connectivity index (χ1) is 24.1. The zero-order chi connectivity index (χ0) is 35.0. The van der Waals surface area contributed by atoms with Gasteiger partial charge in [0.1, 0.15) is 29.2 Å². The second-order valence-corrected chi connectivity index (χ2v) is 15.0. The molecule has 3 unspecified atom stereocenters. The molecule has 4 N–H and O–H groups in total. The molecule has 3 fully saturated rings. The highest BCUT2D eigenvalue weighted by Crippen LogP contribution is 2.46. The molecule has 50 heavy (non-hydrogen) atoms. The van der Waals surface area contributed by atoms with Gasteiger partial charge in [-0.15, -0.1) is 11.3 Å². The summed E-state index contributed by atoms with van der Waals surface area (Å²) in [7, 11) is 2.15. The summed E-state index contributed by atoms with van der Waals surface area (Å²) in [5.41, 5.74) is 14.8. The van der Waals surface area contributed by atoms with E-state index in [4.69, 9.17) is 26.0 Å². The van der Waals surface area contributed by atoms with Crippen molar-refractivity contribution in [3.63, 3.8) is 0 Å². The van der Waals surface area contributed by atoms with E-state index < -0.39 is 11.4 Å². The number of fused-ring (bicyclic) bond motifs is 3. The Bertz CT molecular complexity index is 1820. The third kappa shape index (κ3) is 6.43. The lowest BCUT2D eigenvalue weighted by Crippen LogP contribution is -2.53. The van der Waals surface area contributed by atoms with Crippen LogP contribution in [-0.4, -0.2) is 91.1 Å². The molecular formula is C36H43N9O4S. The number of rotatable bonds is 7. The van der Waals surface area contributed by atoms with Gasteiger partial charge < -0.3 is 40.6 Å². The van der Waals surface area contributed by atoms with Gasteiger partial charge in [0.15, 0.2) is 5.84 Å². The Balaban J connectivity index is 1.11. The van der Waals surface area contributed by atoms with Crippen LogP contribution in [0.1, 0.15) is 59.9 Å². The van der Waals surface area contributed by atoms with Crippen LogP contribution < -0.4 is 21.3 Å². The SMILES string of the molecule is CN1CC2CCC(C1)N2c1cc(N2CCN(C(=O)OCc3ccccc3)CC2)cc(/C(N)=N/OC(=O)C2(C)CCCc3sc(N)c(C#N)c32)n1. The van der Waals surface area contributed by atoms with Crippen LogP contribution in [-0.2, 0) is 32.8 Å². The van der Waals surface area contributed by atoms with E-state index in [1.807, 2.05) is 36.4 Å². The highest BCUT2D eigenvalue weighted by molar-refractivity contribution is 7.16. The van der Waals surface area contributed by atoms with Gasteiger partial charge in [-0.3, -0.25) is 0 Å². The van der Waals surface area contributed by atoms with E-state index in [1.165, 1.54) is 11.3 Å². The van der Waals surface area contributed by atoms with E-state index in [1.54, 1.807) is 11.8 Å². The van der Waals surface area contributed by atoms with Crippen molar-refractivity contribution in [2.45, 2.75) is 63.1 Å². The molecule has 0 spiro atoms. The Morgan fingerprint density at radius 3 is 2.54 bits per heavy atom. The number of thiophene rings is 1. The van der Waals surface area contributed by atoms with Crippen LogP contribution in [0.4, 0.5) is 21.3 Å². The maximum atomic E-state index is 13.6. The number of carbonyl (C=O) groups is 2. The van der Waals surface area contributed by atoms with Gasteiger partial charge in [-0.05, 0) is 57.7 Å². The van der Waals surface area contributed by atoms with Gasteiger partial charge in [-0.1, -0.05) is 35.5 Å². The third-order valence-electron chi connectivity index (χ3n) is 10.5. The van der Waals surface area contributed by atoms with Gasteiger partial charge in [0.25, 0.3) is 0 Å². The van der Waals surface area contributed by atoms with Crippen molar-refractivity contribution in [2.24, 2.45) is 10.9 Å². The summed E-state index contributed by atoms with van der Waals surface area (Å²) in [5, 5.41) is 14.3. The van der Waals surface area contributed by atoms with Crippen LogP contribution in [0.3, 0.4) is 0 Å². The molecule has 14 heteroatoms. The average Bonchev–Trinajstić information content (AvgIpc) is 3.62. The monoisotopic (exact) mass is 697 g/mol. The summed E-state index contributed by atoms with van der Waals surface area (Å²) >= 11 is 1.36. The number of likely N-dealkylation sites (tertiary alicyclic amines) is 1. The lowest BCUT2D eigenvalue weighted by molar-refractivity contribution is -0.150. The zero-order valence-electron chi connectivity index (χ0n) is 28.5. The predicted molar refractivity (Wildman–Crippen MR) is 192 cm³/mol. The van der Waals surface area contributed by atoms with Gasteiger partial charge in [-0.25, -0.2) is 14.6 Å². The van der Waals surface area contributed by atoms with E-state index in [0.29, 0.717) is 66.5 Å². The lowest BCUT2D eigenvalue weighted by Gasteiger charge is -2.41. The van der Waals surface area contributed by atoms with Crippen molar-refractivity contribution in [3.05, 3.63) is 69.7 Å². The van der Waals surface area contributed by atoms with Crippen molar-refractivity contribution in [1.29, 1.82) is 5.26 Å². The fourth-order valence-electron chi connectivity index (χ4n) is 7.93. The number of amides is 1. The first-order valence-corrected chi connectivity index (χ1v) is 18.0. The van der Waals surface area contributed by atoms with Crippen LogP contribution in [0.2, 0.25) is 0 Å². The minimum absolute atomic E-state index is 0.0176. The number of oxime groups is 1. The number of nitrogen functional groups attached to an aromatic ring is 1. The quantitative estimate of drug-likeness (QED) is 0.160. The number of hydrogen-bond acceptors (Lipinski definition) is 12. The Morgan fingerprint density at radius 1 is 1.12 bits per heavy atom. The number of carbonyl (C=O) groups excluding carboxylic acids is 2. The molecular weight excluding hydrogens is 655 g/mol. The number of nitrogens with zero attached hydrogens (tertiary/aromatic N) is 7. The van der Waals surface area contributed by atoms with Crippen LogP contribution >= 0.6 is 11.3 Å². The summed E-state index contributed by atoms with van der Waals surface area (Å²) in [6, 6.07) is 16.4. The van der Waals surface area contributed by atoms with E-state index >= 15 is 0 Å². The fraction of sp³-hybridized carbons (Fsp3) is 0.472. The van der Waals surface area contributed by atoms with Crippen LogP contribution in [0.15, 0.2) is 47.6 Å². The van der Waals surface area contributed by atoms with Crippen LogP contribution in [0.25, 0.3) is 0 Å². The molecule has 3 aromatic rings. The number of benzene rings is 1. The van der Waals surface area contributed by atoms with Gasteiger partial charge in [0.05, 0.1) is 11.0 Å². The Labute approximate surface area is 296 Å². The highest BCUT2D eigenvalue weighted by atomic mass is 32.1. The number of amidine groups is 1. The summed E-state index contributed by atoms with van der Waals surface area (Å²) in [4.78, 5) is 46.7. The first kappa shape index (κ1) is 33.6. The predicted octanol–water partition coefficient (Wildman–Crippen LogP) is 3.80. The Kier molecular flexibility index (Phi) is 9.28. The lowest BCUT2D eigenvalue weighted by atomic mass is 9.72. The van der Waals surface area contributed by atoms with Gasteiger partial charge in [-0.2, -0.15) is 5.26 Å². The molecule has 5 heterocycles. The highest BCUT2D eigenvalue weighted by Gasteiger charge is 2.45. The van der Waals surface area contributed by atoms with E-state index in [0.717, 1.165) is 60.7 Å². The molecule has 1 aromatic carbocycles. The number of piperazine rings is 2. The maximum Gasteiger partial charge on any atom is 0.410 e. The molecule has 1 aliphatic carbocycles. The van der Waals surface area contributed by atoms with Crippen molar-refractivity contribution >= 4 is 45.7 Å². The number of anilines is 3. The number of aryl methyl sites for hydroxylation is 1. The number of nitriles is 1. The number of hydrogen-bond donors (Lipinski definition) is 2. The number of nitrogens with two attached hydrogens (primary N) is 2. The molecule has 3 saturated heterocycles.